The number of pyridine rings is 1. The first-order valence-corrected chi connectivity index (χ1v) is 9.64. The Balaban J connectivity index is 1.88. The van der Waals surface area contributed by atoms with E-state index in [4.69, 9.17) is 4.74 Å². The number of carbonyl (C=O) groups excluding carboxylic acids is 1. The predicted octanol–water partition coefficient (Wildman–Crippen LogP) is 2.51. The van der Waals surface area contributed by atoms with E-state index in [1.54, 1.807) is 17.0 Å². The lowest BCUT2D eigenvalue weighted by molar-refractivity contribution is -0.143. The van der Waals surface area contributed by atoms with Gasteiger partial charge in [-0.2, -0.15) is 18.3 Å². The maximum Gasteiger partial charge on any atom is 0.433 e. The molecule has 0 bridgehead atoms. The Morgan fingerprint density at radius 2 is 1.84 bits per heavy atom. The number of amides is 1. The topological polar surface area (TPSA) is 75.9 Å². The molecule has 0 N–H and O–H groups in total. The van der Waals surface area contributed by atoms with Gasteiger partial charge in [-0.05, 0) is 20.0 Å². The van der Waals surface area contributed by atoms with Crippen molar-refractivity contribution in [2.24, 2.45) is 0 Å². The molecule has 0 spiro atoms. The molecule has 4 heterocycles. The van der Waals surface area contributed by atoms with Crippen molar-refractivity contribution in [3.8, 4) is 17.1 Å². The van der Waals surface area contributed by atoms with Crippen molar-refractivity contribution in [1.29, 1.82) is 0 Å². The van der Waals surface area contributed by atoms with Crippen molar-refractivity contribution < 1.29 is 22.7 Å². The highest BCUT2D eigenvalue weighted by atomic mass is 19.4. The smallest absolute Gasteiger partial charge is 0.433 e. The Hall–Kier alpha value is -3.21. The van der Waals surface area contributed by atoms with Gasteiger partial charge in [-0.1, -0.05) is 0 Å². The van der Waals surface area contributed by atoms with Crippen LogP contribution in [0.5, 0.6) is 5.88 Å². The Bertz CT molecular complexity index is 1120. The van der Waals surface area contributed by atoms with Gasteiger partial charge in [-0.15, -0.1) is 0 Å². The second kappa shape index (κ2) is 7.80. The Kier molecular flexibility index (Phi) is 5.29. The molecule has 0 radical (unpaired) electrons. The van der Waals surface area contributed by atoms with Gasteiger partial charge in [0, 0.05) is 49.6 Å². The van der Waals surface area contributed by atoms with Crippen LogP contribution in [0.3, 0.4) is 0 Å². The third kappa shape index (κ3) is 3.80. The molecule has 164 valence electrons. The minimum atomic E-state index is -4.69. The number of fused-ring (bicyclic) bond motifs is 1. The van der Waals surface area contributed by atoms with E-state index in [-0.39, 0.29) is 28.4 Å². The zero-order chi connectivity index (χ0) is 22.3. The maximum absolute atomic E-state index is 14.0. The highest BCUT2D eigenvalue weighted by Gasteiger charge is 2.39. The Labute approximate surface area is 176 Å². The number of likely N-dealkylation sites (N-methyl/N-ethyl adjacent to an activating group) is 1. The lowest BCUT2D eigenvalue weighted by atomic mass is 10.1. The van der Waals surface area contributed by atoms with E-state index in [0.29, 0.717) is 42.1 Å². The summed E-state index contributed by atoms with van der Waals surface area (Å²) in [7, 11) is 3.40. The fraction of sp³-hybridized carbons (Fsp3) is 0.400. The summed E-state index contributed by atoms with van der Waals surface area (Å²) in [6.07, 6.45) is -2.14. The largest absolute Gasteiger partial charge is 0.481 e. The minimum absolute atomic E-state index is 0.0396. The van der Waals surface area contributed by atoms with Crippen LogP contribution < -0.4 is 4.74 Å². The highest BCUT2D eigenvalue weighted by Crippen LogP contribution is 2.36. The van der Waals surface area contributed by atoms with Gasteiger partial charge in [0.2, 0.25) is 5.88 Å². The minimum Gasteiger partial charge on any atom is -0.481 e. The van der Waals surface area contributed by atoms with Crippen molar-refractivity contribution in [3.05, 3.63) is 41.3 Å². The van der Waals surface area contributed by atoms with Crippen molar-refractivity contribution in [2.75, 3.05) is 40.3 Å². The summed E-state index contributed by atoms with van der Waals surface area (Å²) < 4.78 is 47.7. The zero-order valence-corrected chi connectivity index (χ0v) is 17.3. The quantitative estimate of drug-likeness (QED) is 0.631. The third-order valence-electron chi connectivity index (χ3n) is 5.39. The van der Waals surface area contributed by atoms with E-state index in [1.165, 1.54) is 20.2 Å². The highest BCUT2D eigenvalue weighted by molar-refractivity contribution is 6.00. The number of halogens is 3. The van der Waals surface area contributed by atoms with Crippen LogP contribution in [-0.2, 0) is 6.18 Å². The van der Waals surface area contributed by atoms with E-state index in [2.05, 4.69) is 20.0 Å². The molecule has 1 fully saturated rings. The molecule has 1 saturated heterocycles. The van der Waals surface area contributed by atoms with Crippen LogP contribution >= 0.6 is 0 Å². The summed E-state index contributed by atoms with van der Waals surface area (Å²) >= 11 is 0. The second-order valence-electron chi connectivity index (χ2n) is 7.41. The number of ether oxygens (including phenoxy) is 1. The first-order chi connectivity index (χ1) is 14.7. The maximum atomic E-state index is 14.0. The molecule has 0 aliphatic carbocycles. The Morgan fingerprint density at radius 1 is 1.13 bits per heavy atom. The van der Waals surface area contributed by atoms with E-state index in [1.807, 2.05) is 7.05 Å². The van der Waals surface area contributed by atoms with Crippen LogP contribution in [0.4, 0.5) is 13.2 Å². The van der Waals surface area contributed by atoms with E-state index >= 15 is 0 Å². The molecule has 11 heteroatoms. The average molecular weight is 434 g/mol. The van der Waals surface area contributed by atoms with Crippen molar-refractivity contribution in [3.63, 3.8) is 0 Å². The molecule has 4 rings (SSSR count). The average Bonchev–Trinajstić information content (AvgIpc) is 3.15. The Morgan fingerprint density at radius 3 is 2.42 bits per heavy atom. The van der Waals surface area contributed by atoms with Gasteiger partial charge in [-0.25, -0.2) is 14.5 Å². The van der Waals surface area contributed by atoms with Crippen molar-refractivity contribution in [2.45, 2.75) is 13.1 Å². The number of piperazine rings is 1. The summed E-state index contributed by atoms with van der Waals surface area (Å²) in [5.74, 6) is -0.0554. The first-order valence-electron chi connectivity index (χ1n) is 9.64. The molecule has 0 atom stereocenters. The van der Waals surface area contributed by atoms with Gasteiger partial charge in [0.15, 0.2) is 11.3 Å². The molecule has 3 aromatic heterocycles. The zero-order valence-electron chi connectivity index (χ0n) is 17.3. The molecule has 1 aliphatic heterocycles. The molecule has 0 saturated carbocycles. The summed E-state index contributed by atoms with van der Waals surface area (Å²) in [6.45, 7) is 3.68. The molecule has 31 heavy (non-hydrogen) atoms. The lowest BCUT2D eigenvalue weighted by Gasteiger charge is -2.32. The van der Waals surface area contributed by atoms with Crippen LogP contribution in [0.1, 0.15) is 21.6 Å². The van der Waals surface area contributed by atoms with Gasteiger partial charge in [-0.3, -0.25) is 4.79 Å². The number of hydrogen-bond donors (Lipinski definition) is 0. The van der Waals surface area contributed by atoms with E-state index in [0.717, 1.165) is 6.20 Å². The SMILES string of the molecule is COc1ccc(-c2nc3c(C(=O)N4CCN(C)CC4)cnn3c(C(F)(F)F)c2C)cn1. The van der Waals surface area contributed by atoms with Gasteiger partial charge < -0.3 is 14.5 Å². The molecule has 0 unspecified atom stereocenters. The monoisotopic (exact) mass is 434 g/mol. The predicted molar refractivity (Wildman–Crippen MR) is 106 cm³/mol. The van der Waals surface area contributed by atoms with E-state index in [9.17, 15) is 18.0 Å². The molecule has 0 aromatic carbocycles. The third-order valence-corrected chi connectivity index (χ3v) is 5.39. The van der Waals surface area contributed by atoms with Gasteiger partial charge in [0.25, 0.3) is 5.91 Å². The van der Waals surface area contributed by atoms with Crippen LogP contribution in [0, 0.1) is 6.92 Å². The number of alkyl halides is 3. The van der Waals surface area contributed by atoms with Gasteiger partial charge in [0.05, 0.1) is 19.0 Å². The summed E-state index contributed by atoms with van der Waals surface area (Å²) in [6, 6.07) is 3.12. The number of carbonyl (C=O) groups is 1. The number of hydrogen-bond acceptors (Lipinski definition) is 6. The molecule has 1 amide bonds. The van der Waals surface area contributed by atoms with Crippen molar-refractivity contribution in [1.82, 2.24) is 29.4 Å². The molecule has 1 aliphatic rings. The fourth-order valence-corrected chi connectivity index (χ4v) is 3.66. The lowest BCUT2D eigenvalue weighted by Crippen LogP contribution is -2.47. The first kappa shape index (κ1) is 21.0. The van der Waals surface area contributed by atoms with Crippen LogP contribution in [-0.4, -0.2) is 75.6 Å². The van der Waals surface area contributed by atoms with Crippen LogP contribution in [0.25, 0.3) is 16.9 Å². The standard InChI is InChI=1S/C20H21F3N6O2/c1-12-16(13-4-5-15(31-3)24-10-13)26-18-14(11-25-29(18)17(12)20(21,22)23)19(30)28-8-6-27(2)7-9-28/h4-5,10-11H,6-9H2,1-3H3. The molecule has 3 aromatic rings. The van der Waals surface area contributed by atoms with Crippen LogP contribution in [0.15, 0.2) is 24.5 Å². The second-order valence-corrected chi connectivity index (χ2v) is 7.41. The summed E-state index contributed by atoms with van der Waals surface area (Å²) in [5, 5.41) is 3.88. The molecule has 8 nitrogen and oxygen atoms in total. The van der Waals surface area contributed by atoms with Crippen LogP contribution in [0.2, 0.25) is 0 Å². The summed E-state index contributed by atoms with van der Waals surface area (Å²) in [4.78, 5) is 25.2. The number of aromatic nitrogens is 4. The van der Waals surface area contributed by atoms with E-state index < -0.39 is 11.9 Å². The van der Waals surface area contributed by atoms with Gasteiger partial charge >= 0.3 is 6.18 Å². The number of nitrogens with zero attached hydrogens (tertiary/aromatic N) is 6. The van der Waals surface area contributed by atoms with Gasteiger partial charge in [0.1, 0.15) is 5.56 Å². The normalized spacial score (nSPS) is 15.5. The molecular formula is C20H21F3N6O2. The number of methoxy groups -OCH3 is 1. The summed E-state index contributed by atoms with van der Waals surface area (Å²) in [5.41, 5.74) is -0.701. The fourth-order valence-electron chi connectivity index (χ4n) is 3.66. The number of rotatable bonds is 3. The molecular weight excluding hydrogens is 413 g/mol. The van der Waals surface area contributed by atoms with Crippen molar-refractivity contribution >= 4 is 11.6 Å².